The van der Waals surface area contributed by atoms with Gasteiger partial charge in [0.2, 0.25) is 5.91 Å². The van der Waals surface area contributed by atoms with E-state index in [4.69, 9.17) is 0 Å². The van der Waals surface area contributed by atoms with Crippen molar-refractivity contribution in [1.82, 2.24) is 9.88 Å². The molecule has 1 unspecified atom stereocenters. The lowest BCUT2D eigenvalue weighted by Crippen LogP contribution is -2.46. The number of thiazole rings is 1. The number of carbonyl (C=O) groups is 2. The molecule has 0 bridgehead atoms. The quantitative estimate of drug-likeness (QED) is 0.745. The Morgan fingerprint density at radius 1 is 1.15 bits per heavy atom. The highest BCUT2D eigenvalue weighted by Crippen LogP contribution is 2.32. The number of hydrogen-bond donors (Lipinski definition) is 2. The van der Waals surface area contributed by atoms with E-state index in [2.05, 4.69) is 15.6 Å². The van der Waals surface area contributed by atoms with E-state index in [0.29, 0.717) is 10.7 Å². The molecule has 2 amide bonds. The Morgan fingerprint density at radius 3 is 2.69 bits per heavy atom. The van der Waals surface area contributed by atoms with E-state index in [1.54, 1.807) is 22.5 Å². The Kier molecular flexibility index (Phi) is 4.37. The van der Waals surface area contributed by atoms with Crippen LogP contribution in [-0.2, 0) is 4.79 Å². The zero-order valence-electron chi connectivity index (χ0n) is 13.8. The number of anilines is 2. The molecule has 130 valence electrons. The summed E-state index contributed by atoms with van der Waals surface area (Å²) in [5.74, 6) is -0.460. The first-order valence-electron chi connectivity index (χ1n) is 8.13. The summed E-state index contributed by atoms with van der Waals surface area (Å²) in [6.07, 6.45) is 1.21. The highest BCUT2D eigenvalue weighted by atomic mass is 32.1. The Hall–Kier alpha value is -3.19. The lowest BCUT2D eigenvalue weighted by Gasteiger charge is -2.37. The van der Waals surface area contributed by atoms with Crippen LogP contribution in [0.4, 0.5) is 10.8 Å². The van der Waals surface area contributed by atoms with Crippen LogP contribution in [0.5, 0.6) is 0 Å². The molecule has 26 heavy (non-hydrogen) atoms. The Bertz CT molecular complexity index is 928. The number of nitrogens with one attached hydrogen (secondary N) is 2. The summed E-state index contributed by atoms with van der Waals surface area (Å²) < 4.78 is 0. The molecule has 1 atom stereocenters. The summed E-state index contributed by atoms with van der Waals surface area (Å²) >= 11 is 1.34. The number of carbonyl (C=O) groups excluding carboxylic acids is 2. The number of fused-ring (bicyclic) bond motifs is 1. The summed E-state index contributed by atoms with van der Waals surface area (Å²) in [5.41, 5.74) is 2.24. The first-order valence-corrected chi connectivity index (χ1v) is 9.01. The molecule has 0 saturated heterocycles. The standard InChI is InChI=1S/C19H16N4O2S/c24-16(22-19-20-10-11-26-19)12-23-17(13-6-2-1-3-7-13)21-15-9-5-4-8-14(15)18(23)25/h1-11,17,21H,12H2,(H,20,22,24). The first-order chi connectivity index (χ1) is 12.7. The van der Waals surface area contributed by atoms with Crippen LogP contribution in [0.2, 0.25) is 0 Å². The second-order valence-corrected chi connectivity index (χ2v) is 6.72. The van der Waals surface area contributed by atoms with Gasteiger partial charge in [0.25, 0.3) is 5.91 Å². The molecule has 0 radical (unpaired) electrons. The molecular weight excluding hydrogens is 348 g/mol. The fraction of sp³-hybridized carbons (Fsp3) is 0.105. The second-order valence-electron chi connectivity index (χ2n) is 5.82. The van der Waals surface area contributed by atoms with Gasteiger partial charge in [-0.1, -0.05) is 42.5 Å². The molecule has 6 nitrogen and oxygen atoms in total. The maximum atomic E-state index is 13.0. The van der Waals surface area contributed by atoms with Crippen molar-refractivity contribution in [2.75, 3.05) is 17.2 Å². The van der Waals surface area contributed by atoms with E-state index < -0.39 is 6.17 Å². The van der Waals surface area contributed by atoms with Crippen LogP contribution in [0.3, 0.4) is 0 Å². The van der Waals surface area contributed by atoms with E-state index in [0.717, 1.165) is 11.3 Å². The van der Waals surface area contributed by atoms with Crippen LogP contribution >= 0.6 is 11.3 Å². The monoisotopic (exact) mass is 364 g/mol. The number of hydrogen-bond acceptors (Lipinski definition) is 5. The predicted octanol–water partition coefficient (Wildman–Crippen LogP) is 3.35. The van der Waals surface area contributed by atoms with Gasteiger partial charge in [-0.05, 0) is 17.7 Å². The molecular formula is C19H16N4O2S. The molecule has 0 fully saturated rings. The minimum Gasteiger partial charge on any atom is -0.361 e. The number of amides is 2. The van der Waals surface area contributed by atoms with Gasteiger partial charge in [-0.3, -0.25) is 9.59 Å². The third kappa shape index (κ3) is 3.16. The van der Waals surface area contributed by atoms with Crippen LogP contribution in [0.15, 0.2) is 66.2 Å². The fourth-order valence-corrected chi connectivity index (χ4v) is 3.50. The van der Waals surface area contributed by atoms with Crippen molar-refractivity contribution >= 4 is 34.0 Å². The fourth-order valence-electron chi connectivity index (χ4n) is 2.95. The minimum absolute atomic E-state index is 0.0701. The smallest absolute Gasteiger partial charge is 0.258 e. The molecule has 1 aliphatic rings. The summed E-state index contributed by atoms with van der Waals surface area (Å²) in [6, 6.07) is 16.9. The van der Waals surface area contributed by atoms with Gasteiger partial charge in [0.15, 0.2) is 5.13 Å². The van der Waals surface area contributed by atoms with Crippen LogP contribution in [-0.4, -0.2) is 28.2 Å². The Morgan fingerprint density at radius 2 is 1.92 bits per heavy atom. The summed E-state index contributed by atoms with van der Waals surface area (Å²) in [7, 11) is 0. The minimum atomic E-state index is -0.416. The van der Waals surface area contributed by atoms with Crippen LogP contribution in [0.25, 0.3) is 0 Å². The third-order valence-corrected chi connectivity index (χ3v) is 4.82. The second kappa shape index (κ2) is 6.97. The van der Waals surface area contributed by atoms with E-state index in [1.165, 1.54) is 11.3 Å². The number of para-hydroxylation sites is 1. The molecule has 2 aromatic carbocycles. The number of aromatic nitrogens is 1. The molecule has 0 saturated carbocycles. The summed E-state index contributed by atoms with van der Waals surface area (Å²) in [5, 5.41) is 8.40. The highest BCUT2D eigenvalue weighted by molar-refractivity contribution is 7.13. The number of rotatable bonds is 4. The van der Waals surface area contributed by atoms with Crippen LogP contribution in [0, 0.1) is 0 Å². The van der Waals surface area contributed by atoms with Crippen LogP contribution in [0.1, 0.15) is 22.1 Å². The van der Waals surface area contributed by atoms with Crippen molar-refractivity contribution in [2.45, 2.75) is 6.17 Å². The van der Waals surface area contributed by atoms with Gasteiger partial charge in [-0.25, -0.2) is 4.98 Å². The topological polar surface area (TPSA) is 74.3 Å². The van der Waals surface area contributed by atoms with Crippen molar-refractivity contribution in [2.24, 2.45) is 0 Å². The largest absolute Gasteiger partial charge is 0.361 e. The normalized spacial score (nSPS) is 15.9. The zero-order valence-corrected chi connectivity index (χ0v) is 14.6. The SMILES string of the molecule is O=C(CN1C(=O)c2ccccc2NC1c1ccccc1)Nc1nccs1. The van der Waals surface area contributed by atoms with E-state index >= 15 is 0 Å². The van der Waals surface area contributed by atoms with Crippen LogP contribution < -0.4 is 10.6 Å². The zero-order chi connectivity index (χ0) is 17.9. The van der Waals surface area contributed by atoms with E-state index in [1.807, 2.05) is 48.5 Å². The average Bonchev–Trinajstić information content (AvgIpc) is 3.17. The number of nitrogens with zero attached hydrogens (tertiary/aromatic N) is 2. The third-order valence-electron chi connectivity index (χ3n) is 4.13. The summed E-state index contributed by atoms with van der Waals surface area (Å²) in [4.78, 5) is 31.1. The number of benzene rings is 2. The van der Waals surface area contributed by atoms with Crippen molar-refractivity contribution in [3.63, 3.8) is 0 Å². The molecule has 1 aromatic heterocycles. The molecule has 7 heteroatoms. The molecule has 4 rings (SSSR count). The highest BCUT2D eigenvalue weighted by Gasteiger charge is 2.34. The van der Waals surface area contributed by atoms with Gasteiger partial charge in [-0.2, -0.15) is 0 Å². The first kappa shape index (κ1) is 16.3. The van der Waals surface area contributed by atoms with Crippen molar-refractivity contribution in [3.05, 3.63) is 77.3 Å². The van der Waals surface area contributed by atoms with E-state index in [-0.39, 0.29) is 18.4 Å². The molecule has 0 aliphatic carbocycles. The van der Waals surface area contributed by atoms with Gasteiger partial charge >= 0.3 is 0 Å². The van der Waals surface area contributed by atoms with Gasteiger partial charge in [0, 0.05) is 17.3 Å². The van der Waals surface area contributed by atoms with Gasteiger partial charge in [0.05, 0.1) is 5.56 Å². The molecule has 3 aromatic rings. The Labute approximate surface area is 154 Å². The Balaban J connectivity index is 1.64. The van der Waals surface area contributed by atoms with Crippen molar-refractivity contribution in [1.29, 1.82) is 0 Å². The lowest BCUT2D eigenvalue weighted by molar-refractivity contribution is -0.117. The molecule has 2 heterocycles. The molecule has 1 aliphatic heterocycles. The van der Waals surface area contributed by atoms with Gasteiger partial charge in [-0.15, -0.1) is 11.3 Å². The maximum absolute atomic E-state index is 13.0. The molecule has 2 N–H and O–H groups in total. The lowest BCUT2D eigenvalue weighted by atomic mass is 10.0. The average molecular weight is 364 g/mol. The van der Waals surface area contributed by atoms with Gasteiger partial charge in [0.1, 0.15) is 12.7 Å². The molecule has 0 spiro atoms. The van der Waals surface area contributed by atoms with Crippen molar-refractivity contribution in [3.8, 4) is 0 Å². The summed E-state index contributed by atoms with van der Waals surface area (Å²) in [6.45, 7) is -0.0701. The van der Waals surface area contributed by atoms with Crippen molar-refractivity contribution < 1.29 is 9.59 Å². The van der Waals surface area contributed by atoms with Gasteiger partial charge < -0.3 is 15.5 Å². The van der Waals surface area contributed by atoms with E-state index in [9.17, 15) is 9.59 Å². The predicted molar refractivity (Wildman–Crippen MR) is 101 cm³/mol. The maximum Gasteiger partial charge on any atom is 0.258 e.